The molecule has 0 saturated carbocycles. The van der Waals surface area contributed by atoms with Crippen LogP contribution in [0.5, 0.6) is 0 Å². The van der Waals surface area contributed by atoms with E-state index in [1.807, 2.05) is 41.1 Å². The number of imidazole rings is 1. The van der Waals surface area contributed by atoms with Gasteiger partial charge in [0.05, 0.1) is 12.4 Å². The second kappa shape index (κ2) is 11.0. The van der Waals surface area contributed by atoms with E-state index in [4.69, 9.17) is 19.2 Å². The van der Waals surface area contributed by atoms with Crippen molar-refractivity contribution in [2.24, 2.45) is 0 Å². The van der Waals surface area contributed by atoms with Gasteiger partial charge in [0.1, 0.15) is 0 Å². The third-order valence-electron chi connectivity index (χ3n) is 4.21. The molecule has 156 valence electrons. The molecule has 0 amide bonds. The lowest BCUT2D eigenvalue weighted by Crippen LogP contribution is -2.28. The number of likely N-dealkylation sites (N-methyl/N-ethyl adjacent to an activating group) is 1. The zero-order valence-electron chi connectivity index (χ0n) is 16.1. The van der Waals surface area contributed by atoms with Crippen LogP contribution in [-0.2, 0) is 11.1 Å². The lowest BCUT2D eigenvalue weighted by atomic mass is 10.1. The number of hydrogen-bond donors (Lipinski definition) is 4. The Bertz CT molecular complexity index is 874. The number of nitrogens with zero attached hydrogens (tertiary/aromatic N) is 3. The van der Waals surface area contributed by atoms with Crippen LogP contribution >= 0.6 is 7.82 Å². The van der Waals surface area contributed by atoms with Crippen LogP contribution in [0.15, 0.2) is 73.3 Å². The van der Waals surface area contributed by atoms with Gasteiger partial charge in [-0.3, -0.25) is 4.90 Å². The molecule has 1 aromatic heterocycles. The Morgan fingerprint density at radius 3 is 2.21 bits per heavy atom. The van der Waals surface area contributed by atoms with Crippen molar-refractivity contribution < 1.29 is 24.4 Å². The first-order valence-electron chi connectivity index (χ1n) is 9.07. The van der Waals surface area contributed by atoms with E-state index < -0.39 is 13.9 Å². The quantitative estimate of drug-likeness (QED) is 0.435. The number of rotatable bonds is 7. The Morgan fingerprint density at radius 2 is 1.69 bits per heavy atom. The highest BCUT2D eigenvalue weighted by Gasteiger charge is 2.13. The minimum absolute atomic E-state index is 0.495. The van der Waals surface area contributed by atoms with Gasteiger partial charge in [0.2, 0.25) is 0 Å². The standard InChI is InChI=1S/C20H23N3O.H3O4P/c1-2-22(14-17-6-4-3-5-7-17)15-20(24)18-8-10-19(11-9-18)23-13-12-21-16-23;1-5(2,3)4/h3-13,16,20,24H,2,14-15H2,1H3;(H3,1,2,3,4). The summed E-state index contributed by atoms with van der Waals surface area (Å²) in [6.45, 7) is 4.49. The van der Waals surface area contributed by atoms with E-state index in [1.54, 1.807) is 12.5 Å². The monoisotopic (exact) mass is 419 g/mol. The highest BCUT2D eigenvalue weighted by molar-refractivity contribution is 7.45. The fourth-order valence-corrected chi connectivity index (χ4v) is 2.78. The second-order valence-electron chi connectivity index (χ2n) is 6.40. The molecule has 8 nitrogen and oxygen atoms in total. The van der Waals surface area contributed by atoms with Crippen molar-refractivity contribution in [1.29, 1.82) is 0 Å². The van der Waals surface area contributed by atoms with Crippen LogP contribution in [0.2, 0.25) is 0 Å². The van der Waals surface area contributed by atoms with Crippen molar-refractivity contribution in [2.45, 2.75) is 19.6 Å². The molecule has 2 aromatic carbocycles. The maximum absolute atomic E-state index is 10.6. The SMILES string of the molecule is CCN(Cc1ccccc1)CC(O)c1ccc(-n2ccnc2)cc1.O=P(O)(O)O. The van der Waals surface area contributed by atoms with E-state index in [9.17, 15) is 5.11 Å². The highest BCUT2D eigenvalue weighted by atomic mass is 31.2. The van der Waals surface area contributed by atoms with Crippen molar-refractivity contribution in [3.05, 3.63) is 84.4 Å². The predicted octanol–water partition coefficient (Wildman–Crippen LogP) is 2.50. The van der Waals surface area contributed by atoms with Gasteiger partial charge >= 0.3 is 7.82 Å². The maximum atomic E-state index is 10.6. The van der Waals surface area contributed by atoms with Gasteiger partial charge < -0.3 is 24.4 Å². The summed E-state index contributed by atoms with van der Waals surface area (Å²) in [7, 11) is -4.64. The number of aromatic nitrogens is 2. The molecule has 0 aliphatic carbocycles. The van der Waals surface area contributed by atoms with Crippen LogP contribution in [0.25, 0.3) is 5.69 Å². The molecule has 3 aromatic rings. The second-order valence-corrected chi connectivity index (χ2v) is 7.43. The van der Waals surface area contributed by atoms with E-state index >= 15 is 0 Å². The molecule has 1 unspecified atom stereocenters. The molecule has 0 aliphatic rings. The molecule has 0 radical (unpaired) electrons. The van der Waals surface area contributed by atoms with Gasteiger partial charge in [-0.05, 0) is 29.8 Å². The first-order valence-corrected chi connectivity index (χ1v) is 10.6. The molecule has 9 heteroatoms. The zero-order valence-corrected chi connectivity index (χ0v) is 17.0. The smallest absolute Gasteiger partial charge is 0.387 e. The number of hydrogen-bond acceptors (Lipinski definition) is 4. The third kappa shape index (κ3) is 8.70. The summed E-state index contributed by atoms with van der Waals surface area (Å²) in [6, 6.07) is 18.3. The minimum atomic E-state index is -4.64. The predicted molar refractivity (Wildman–Crippen MR) is 110 cm³/mol. The van der Waals surface area contributed by atoms with Crippen molar-refractivity contribution in [1.82, 2.24) is 14.5 Å². The Kier molecular flexibility index (Phi) is 8.72. The molecule has 1 heterocycles. The largest absolute Gasteiger partial charge is 0.466 e. The lowest BCUT2D eigenvalue weighted by Gasteiger charge is -2.24. The third-order valence-corrected chi connectivity index (χ3v) is 4.21. The van der Waals surface area contributed by atoms with E-state index in [0.717, 1.165) is 24.3 Å². The van der Waals surface area contributed by atoms with Crippen LogP contribution in [0.3, 0.4) is 0 Å². The van der Waals surface area contributed by atoms with Crippen LogP contribution < -0.4 is 0 Å². The Morgan fingerprint density at radius 1 is 1.07 bits per heavy atom. The summed E-state index contributed by atoms with van der Waals surface area (Å²) in [5, 5.41) is 10.6. The summed E-state index contributed by atoms with van der Waals surface area (Å²) >= 11 is 0. The van der Waals surface area contributed by atoms with Gasteiger partial charge in [0.25, 0.3) is 0 Å². The van der Waals surface area contributed by atoms with Crippen molar-refractivity contribution >= 4 is 7.82 Å². The van der Waals surface area contributed by atoms with Gasteiger partial charge in [-0.2, -0.15) is 0 Å². The number of phosphoric acid groups is 1. The first-order chi connectivity index (χ1) is 13.8. The molecule has 0 saturated heterocycles. The minimum Gasteiger partial charge on any atom is -0.387 e. The Labute approximate surface area is 170 Å². The zero-order chi connectivity index (χ0) is 21.3. The number of aliphatic hydroxyl groups is 1. The Hall–Kier alpha value is -2.32. The molecule has 0 fully saturated rings. The fourth-order valence-electron chi connectivity index (χ4n) is 2.78. The van der Waals surface area contributed by atoms with E-state index in [2.05, 4.69) is 41.1 Å². The summed E-state index contributed by atoms with van der Waals surface area (Å²) in [5.74, 6) is 0. The molecular formula is C20H26N3O5P. The molecule has 3 rings (SSSR count). The summed E-state index contributed by atoms with van der Waals surface area (Å²) in [6.07, 6.45) is 4.94. The number of aliphatic hydroxyl groups excluding tert-OH is 1. The lowest BCUT2D eigenvalue weighted by molar-refractivity contribution is 0.112. The van der Waals surface area contributed by atoms with Crippen molar-refractivity contribution in [2.75, 3.05) is 13.1 Å². The molecular weight excluding hydrogens is 393 g/mol. The van der Waals surface area contributed by atoms with Crippen molar-refractivity contribution in [3.8, 4) is 5.69 Å². The molecule has 0 aliphatic heterocycles. The van der Waals surface area contributed by atoms with Gasteiger partial charge in [-0.15, -0.1) is 0 Å². The normalized spacial score (nSPS) is 12.3. The molecule has 1 atom stereocenters. The van der Waals surface area contributed by atoms with E-state index in [1.165, 1.54) is 5.56 Å². The summed E-state index contributed by atoms with van der Waals surface area (Å²) in [5.41, 5.74) is 3.24. The van der Waals surface area contributed by atoms with Crippen LogP contribution in [-0.4, -0.2) is 47.3 Å². The fraction of sp³-hybridized carbons (Fsp3) is 0.250. The van der Waals surface area contributed by atoms with E-state index in [0.29, 0.717) is 6.54 Å². The van der Waals surface area contributed by atoms with E-state index in [-0.39, 0.29) is 0 Å². The van der Waals surface area contributed by atoms with Gasteiger partial charge in [-0.1, -0.05) is 49.4 Å². The maximum Gasteiger partial charge on any atom is 0.466 e. The summed E-state index contributed by atoms with van der Waals surface area (Å²) < 4.78 is 10.8. The summed E-state index contributed by atoms with van der Waals surface area (Å²) in [4.78, 5) is 27.9. The average molecular weight is 419 g/mol. The molecule has 0 spiro atoms. The molecule has 29 heavy (non-hydrogen) atoms. The highest BCUT2D eigenvalue weighted by Crippen LogP contribution is 2.25. The first kappa shape index (κ1) is 23.0. The van der Waals surface area contributed by atoms with Crippen LogP contribution in [0.1, 0.15) is 24.2 Å². The van der Waals surface area contributed by atoms with Gasteiger partial charge in [-0.25, -0.2) is 9.55 Å². The van der Waals surface area contributed by atoms with Crippen LogP contribution in [0.4, 0.5) is 0 Å². The van der Waals surface area contributed by atoms with Gasteiger partial charge in [0, 0.05) is 31.2 Å². The topological polar surface area (TPSA) is 119 Å². The average Bonchev–Trinajstić information content (AvgIpc) is 3.22. The Balaban J connectivity index is 0.000000537. The van der Waals surface area contributed by atoms with Crippen LogP contribution in [0, 0.1) is 0 Å². The van der Waals surface area contributed by atoms with Gasteiger partial charge in [0.15, 0.2) is 0 Å². The molecule has 4 N–H and O–H groups in total. The number of benzene rings is 2. The molecule has 0 bridgehead atoms. The van der Waals surface area contributed by atoms with Crippen molar-refractivity contribution in [3.63, 3.8) is 0 Å².